The number of rotatable bonds is 2. The average Bonchev–Trinajstić information content (AvgIpc) is 2.34. The Balaban J connectivity index is 2.30. The molecule has 0 aliphatic carbocycles. The molecule has 1 aromatic rings. The van der Waals surface area contributed by atoms with E-state index in [9.17, 15) is 9.59 Å². The van der Waals surface area contributed by atoms with E-state index in [1.807, 2.05) is 6.07 Å². The largest absolute Gasteiger partial charge is 0.492 e. The number of para-hydroxylation sites is 1. The lowest BCUT2D eigenvalue weighted by Gasteiger charge is -2.32. The summed E-state index contributed by atoms with van der Waals surface area (Å²) in [6, 6.07) is 7.07. The summed E-state index contributed by atoms with van der Waals surface area (Å²) >= 11 is 0. The van der Waals surface area contributed by atoms with Crippen molar-refractivity contribution in [3.63, 3.8) is 0 Å². The highest BCUT2D eigenvalue weighted by Crippen LogP contribution is 2.36. The van der Waals surface area contributed by atoms with Gasteiger partial charge in [0.1, 0.15) is 12.4 Å². The van der Waals surface area contributed by atoms with Gasteiger partial charge in [-0.2, -0.15) is 0 Å². The Kier molecular flexibility index (Phi) is 2.88. The Bertz CT molecular complexity index is 466. The number of ether oxygens (including phenoxy) is 2. The maximum Gasteiger partial charge on any atom is 0.306 e. The Morgan fingerprint density at radius 3 is 2.88 bits per heavy atom. The summed E-state index contributed by atoms with van der Waals surface area (Å²) in [5.74, 6) is 0.119. The highest BCUT2D eigenvalue weighted by atomic mass is 16.5. The van der Waals surface area contributed by atoms with E-state index in [-0.39, 0.29) is 18.8 Å². The molecule has 1 heterocycles. The summed E-state index contributed by atoms with van der Waals surface area (Å²) in [6.07, 6.45) is 0.0384. The molecule has 0 saturated carbocycles. The number of carbonyl (C=O) groups excluding carboxylic acids is 2. The van der Waals surface area contributed by atoms with Crippen LogP contribution in [-0.2, 0) is 9.53 Å². The van der Waals surface area contributed by atoms with Gasteiger partial charge in [-0.1, -0.05) is 12.1 Å². The van der Waals surface area contributed by atoms with E-state index in [1.54, 1.807) is 25.1 Å². The Labute approximate surface area is 99.5 Å². The number of fused-ring (bicyclic) bond motifs is 1. The molecule has 4 nitrogen and oxygen atoms in total. The second kappa shape index (κ2) is 4.20. The predicted molar refractivity (Wildman–Crippen MR) is 61.0 cm³/mol. The molecule has 1 aromatic carbocycles. The van der Waals surface area contributed by atoms with E-state index in [2.05, 4.69) is 4.74 Å². The van der Waals surface area contributed by atoms with Crippen molar-refractivity contribution in [1.29, 1.82) is 0 Å². The quantitative estimate of drug-likeness (QED) is 0.732. The number of carbonyl (C=O) groups is 2. The predicted octanol–water partition coefficient (Wildman–Crippen LogP) is 1.83. The number of ketones is 1. The number of methoxy groups -OCH3 is 1. The summed E-state index contributed by atoms with van der Waals surface area (Å²) in [4.78, 5) is 23.6. The lowest BCUT2D eigenvalue weighted by Crippen LogP contribution is -2.40. The monoisotopic (exact) mass is 234 g/mol. The van der Waals surface area contributed by atoms with Gasteiger partial charge in [0, 0.05) is 0 Å². The van der Waals surface area contributed by atoms with E-state index in [0.29, 0.717) is 11.3 Å². The molecule has 0 bridgehead atoms. The zero-order valence-electron chi connectivity index (χ0n) is 9.86. The van der Waals surface area contributed by atoms with Crippen LogP contribution in [0.2, 0.25) is 0 Å². The molecule has 0 aromatic heterocycles. The smallest absolute Gasteiger partial charge is 0.306 e. The number of Topliss-reactive ketones (excluding diaryl/α,β-unsaturated/α-hetero) is 1. The first-order valence-corrected chi connectivity index (χ1v) is 5.40. The van der Waals surface area contributed by atoms with E-state index in [4.69, 9.17) is 4.74 Å². The molecule has 0 N–H and O–H groups in total. The van der Waals surface area contributed by atoms with Crippen molar-refractivity contribution in [3.8, 4) is 5.75 Å². The second-order valence-corrected chi connectivity index (χ2v) is 4.43. The first kappa shape index (κ1) is 11.6. The summed E-state index contributed by atoms with van der Waals surface area (Å²) in [6.45, 7) is 1.93. The molecule has 17 heavy (non-hydrogen) atoms. The molecule has 0 spiro atoms. The minimum Gasteiger partial charge on any atom is -0.492 e. The van der Waals surface area contributed by atoms with Crippen LogP contribution in [0.25, 0.3) is 0 Å². The van der Waals surface area contributed by atoms with Gasteiger partial charge in [-0.3, -0.25) is 9.59 Å². The van der Waals surface area contributed by atoms with Crippen molar-refractivity contribution in [2.75, 3.05) is 13.7 Å². The van der Waals surface area contributed by atoms with Crippen molar-refractivity contribution < 1.29 is 19.1 Å². The van der Waals surface area contributed by atoms with Crippen LogP contribution < -0.4 is 4.74 Å². The summed E-state index contributed by atoms with van der Waals surface area (Å²) in [7, 11) is 1.31. The molecule has 1 aliphatic heterocycles. The van der Waals surface area contributed by atoms with Crippen LogP contribution in [0.5, 0.6) is 5.75 Å². The first-order chi connectivity index (χ1) is 8.07. The third kappa shape index (κ3) is 2.02. The van der Waals surface area contributed by atoms with Gasteiger partial charge in [-0.05, 0) is 19.1 Å². The molecule has 1 aliphatic rings. The molecular formula is C13H14O4. The topological polar surface area (TPSA) is 52.6 Å². The SMILES string of the molecule is COC(=O)CC1(C)COc2ccccc2C1=O. The van der Waals surface area contributed by atoms with Gasteiger partial charge in [0.15, 0.2) is 5.78 Å². The van der Waals surface area contributed by atoms with Crippen molar-refractivity contribution in [1.82, 2.24) is 0 Å². The molecule has 1 unspecified atom stereocenters. The lowest BCUT2D eigenvalue weighted by molar-refractivity contribution is -0.143. The minimum atomic E-state index is -0.832. The molecule has 2 rings (SSSR count). The zero-order chi connectivity index (χ0) is 12.5. The highest BCUT2D eigenvalue weighted by Gasteiger charge is 2.41. The fourth-order valence-electron chi connectivity index (χ4n) is 1.93. The van der Waals surface area contributed by atoms with Gasteiger partial charge < -0.3 is 9.47 Å². The number of esters is 1. The molecule has 0 radical (unpaired) electrons. The second-order valence-electron chi connectivity index (χ2n) is 4.43. The van der Waals surface area contributed by atoms with Crippen molar-refractivity contribution in [3.05, 3.63) is 29.8 Å². The third-order valence-electron chi connectivity index (χ3n) is 2.99. The number of hydrogen-bond donors (Lipinski definition) is 0. The maximum absolute atomic E-state index is 12.3. The molecule has 1 atom stereocenters. The van der Waals surface area contributed by atoms with Crippen molar-refractivity contribution >= 4 is 11.8 Å². The number of benzene rings is 1. The van der Waals surface area contributed by atoms with E-state index < -0.39 is 11.4 Å². The first-order valence-electron chi connectivity index (χ1n) is 5.40. The maximum atomic E-state index is 12.3. The van der Waals surface area contributed by atoms with Crippen LogP contribution in [0.1, 0.15) is 23.7 Å². The molecule has 0 saturated heterocycles. The third-order valence-corrected chi connectivity index (χ3v) is 2.99. The standard InChI is InChI=1S/C13H14O4/c1-13(7-11(14)16-2)8-17-10-6-4-3-5-9(10)12(13)15/h3-6H,7-8H2,1-2H3. The van der Waals surface area contributed by atoms with E-state index in [1.165, 1.54) is 7.11 Å². The molecule has 90 valence electrons. The van der Waals surface area contributed by atoms with Gasteiger partial charge in [-0.15, -0.1) is 0 Å². The van der Waals surface area contributed by atoms with Gasteiger partial charge >= 0.3 is 5.97 Å². The van der Waals surface area contributed by atoms with Gasteiger partial charge in [-0.25, -0.2) is 0 Å². The lowest BCUT2D eigenvalue weighted by atomic mass is 9.78. The van der Waals surface area contributed by atoms with Crippen molar-refractivity contribution in [2.24, 2.45) is 5.41 Å². The Hall–Kier alpha value is -1.84. The fourth-order valence-corrected chi connectivity index (χ4v) is 1.93. The van der Waals surface area contributed by atoms with Crippen LogP contribution in [0.3, 0.4) is 0 Å². The zero-order valence-corrected chi connectivity index (χ0v) is 9.86. The number of hydrogen-bond acceptors (Lipinski definition) is 4. The molecular weight excluding hydrogens is 220 g/mol. The average molecular weight is 234 g/mol. The molecule has 0 fully saturated rings. The summed E-state index contributed by atoms with van der Waals surface area (Å²) < 4.78 is 10.1. The summed E-state index contributed by atoms with van der Waals surface area (Å²) in [5, 5.41) is 0. The normalized spacial score (nSPS) is 22.6. The van der Waals surface area contributed by atoms with Gasteiger partial charge in [0.05, 0.1) is 24.5 Å². The van der Waals surface area contributed by atoms with E-state index in [0.717, 1.165) is 0 Å². The van der Waals surface area contributed by atoms with Crippen LogP contribution in [0, 0.1) is 5.41 Å². The molecule has 4 heteroatoms. The Morgan fingerprint density at radius 1 is 1.47 bits per heavy atom. The van der Waals surface area contributed by atoms with Gasteiger partial charge in [0.2, 0.25) is 0 Å². The van der Waals surface area contributed by atoms with Crippen LogP contribution in [-0.4, -0.2) is 25.5 Å². The van der Waals surface area contributed by atoms with Crippen LogP contribution in [0.15, 0.2) is 24.3 Å². The van der Waals surface area contributed by atoms with Crippen molar-refractivity contribution in [2.45, 2.75) is 13.3 Å². The highest BCUT2D eigenvalue weighted by molar-refractivity contribution is 6.05. The van der Waals surface area contributed by atoms with Gasteiger partial charge in [0.25, 0.3) is 0 Å². The Morgan fingerprint density at radius 2 is 2.18 bits per heavy atom. The summed E-state index contributed by atoms with van der Waals surface area (Å²) in [5.41, 5.74) is -0.299. The molecule has 0 amide bonds. The van der Waals surface area contributed by atoms with E-state index >= 15 is 0 Å². The minimum absolute atomic E-state index is 0.0384. The van der Waals surface area contributed by atoms with Crippen LogP contribution in [0.4, 0.5) is 0 Å². The van der Waals surface area contributed by atoms with Crippen LogP contribution >= 0.6 is 0 Å². The fraction of sp³-hybridized carbons (Fsp3) is 0.385.